The van der Waals surface area contributed by atoms with Crippen molar-refractivity contribution < 1.29 is 19.1 Å². The molecule has 4 rings (SSSR count). The quantitative estimate of drug-likeness (QED) is 0.0877. The fraction of sp³-hybridized carbons (Fsp3) is 0.310. The Labute approximate surface area is 246 Å². The number of aromatic nitrogens is 3. The van der Waals surface area contributed by atoms with E-state index < -0.39 is 5.25 Å². The first-order valence-corrected chi connectivity index (χ1v) is 14.5. The highest BCUT2D eigenvalue weighted by molar-refractivity contribution is 9.10. The minimum atomic E-state index is -0.568. The van der Waals surface area contributed by atoms with Crippen LogP contribution in [0.1, 0.15) is 41.6 Å². The topological polar surface area (TPSA) is 102 Å². The lowest BCUT2D eigenvalue weighted by Crippen LogP contribution is -2.12. The maximum atomic E-state index is 11.7. The molecule has 9 nitrogen and oxygen atoms in total. The summed E-state index contributed by atoms with van der Waals surface area (Å²) in [5.41, 5.74) is 3.74. The molecule has 0 unspecified atom stereocenters. The van der Waals surface area contributed by atoms with Crippen molar-refractivity contribution in [2.75, 3.05) is 19.8 Å². The number of hydrogen-bond acceptors (Lipinski definition) is 8. The minimum Gasteiger partial charge on any atom is -0.494 e. The number of rotatable bonds is 13. The Bertz CT molecular complexity index is 1440. The van der Waals surface area contributed by atoms with Crippen LogP contribution >= 0.6 is 27.7 Å². The van der Waals surface area contributed by atoms with Crippen LogP contribution in [0.2, 0.25) is 0 Å². The zero-order chi connectivity index (χ0) is 28.6. The Kier molecular flexibility index (Phi) is 10.1. The molecular weight excluding hydrogens is 596 g/mol. The van der Waals surface area contributed by atoms with Gasteiger partial charge in [0, 0.05) is 10.6 Å². The lowest BCUT2D eigenvalue weighted by atomic mass is 10.1. The van der Waals surface area contributed by atoms with Crippen LogP contribution in [0.15, 0.2) is 70.3 Å². The van der Waals surface area contributed by atoms with Gasteiger partial charge in [0.05, 0.1) is 17.7 Å². The summed E-state index contributed by atoms with van der Waals surface area (Å²) in [5, 5.41) is 20.3. The summed E-state index contributed by atoms with van der Waals surface area (Å²) in [6.45, 7) is 8.72. The van der Waals surface area contributed by atoms with Gasteiger partial charge >= 0.3 is 0 Å². The molecule has 1 aromatic heterocycles. The van der Waals surface area contributed by atoms with Gasteiger partial charge in [-0.25, -0.2) is 0 Å². The van der Waals surface area contributed by atoms with Crippen LogP contribution in [-0.2, 0) is 6.61 Å². The van der Waals surface area contributed by atoms with Crippen LogP contribution in [0, 0.1) is 24.0 Å². The molecule has 0 amide bonds. The van der Waals surface area contributed by atoms with E-state index in [0.29, 0.717) is 52.3 Å². The molecule has 1 atom stereocenters. The number of halogens is 1. The molecule has 0 aliphatic rings. The number of thioether (sulfide) groups is 1. The lowest BCUT2D eigenvalue weighted by molar-refractivity contribution is -0.479. The summed E-state index contributed by atoms with van der Waals surface area (Å²) in [6, 6.07) is 19.3. The fourth-order valence-electron chi connectivity index (χ4n) is 4.06. The predicted octanol–water partition coefficient (Wildman–Crippen LogP) is 7.13. The molecule has 0 fully saturated rings. The summed E-state index contributed by atoms with van der Waals surface area (Å²) >= 11 is 4.90. The molecule has 0 radical (unpaired) electrons. The van der Waals surface area contributed by atoms with Crippen LogP contribution in [0.5, 0.6) is 17.2 Å². The first kappa shape index (κ1) is 29.4. The van der Waals surface area contributed by atoms with Crippen molar-refractivity contribution in [3.05, 3.63) is 97.8 Å². The monoisotopic (exact) mass is 626 g/mol. The molecule has 0 spiro atoms. The van der Waals surface area contributed by atoms with Crippen molar-refractivity contribution in [3.63, 3.8) is 0 Å². The predicted molar refractivity (Wildman–Crippen MR) is 159 cm³/mol. The third kappa shape index (κ3) is 7.33. The molecule has 40 heavy (non-hydrogen) atoms. The summed E-state index contributed by atoms with van der Waals surface area (Å²) in [4.78, 5) is 11.4. The van der Waals surface area contributed by atoms with Gasteiger partial charge in [-0.05, 0) is 91.1 Å². The molecule has 3 aromatic carbocycles. The van der Waals surface area contributed by atoms with E-state index in [1.807, 2.05) is 92.9 Å². The second-order valence-corrected chi connectivity index (χ2v) is 11.0. The van der Waals surface area contributed by atoms with Crippen molar-refractivity contribution in [2.45, 2.75) is 44.7 Å². The molecule has 0 saturated heterocycles. The largest absolute Gasteiger partial charge is 0.494 e. The second-order valence-electron chi connectivity index (χ2n) is 8.95. The highest BCUT2D eigenvalue weighted by Crippen LogP contribution is 2.43. The molecule has 0 bridgehead atoms. The van der Waals surface area contributed by atoms with E-state index in [4.69, 9.17) is 14.2 Å². The van der Waals surface area contributed by atoms with Gasteiger partial charge in [0.2, 0.25) is 6.54 Å². The van der Waals surface area contributed by atoms with Gasteiger partial charge in [0.15, 0.2) is 16.7 Å². The standard InChI is InChI=1S/C29H31BrN4O5S/c1-5-37-24-13-11-23(12-14-24)34-20(4)31-32-29(34)40-27(17-33(35)36)22-15-25(30)28(26(16-22)38-6-2)39-18-21-9-7-19(3)8-10-21/h7-16,27H,5-6,17-18H2,1-4H3/t27-/m1/s1. The normalized spacial score (nSPS) is 11.7. The van der Waals surface area contributed by atoms with Crippen LogP contribution in [0.25, 0.3) is 5.69 Å². The average molecular weight is 628 g/mol. The zero-order valence-electron chi connectivity index (χ0n) is 22.8. The van der Waals surface area contributed by atoms with Gasteiger partial charge < -0.3 is 14.2 Å². The van der Waals surface area contributed by atoms with E-state index in [-0.39, 0.29) is 11.5 Å². The van der Waals surface area contributed by atoms with Crippen molar-refractivity contribution in [2.24, 2.45) is 0 Å². The van der Waals surface area contributed by atoms with Gasteiger partial charge in [-0.2, -0.15) is 0 Å². The van der Waals surface area contributed by atoms with Gasteiger partial charge in [0.25, 0.3) is 0 Å². The molecule has 210 valence electrons. The highest BCUT2D eigenvalue weighted by atomic mass is 79.9. The Morgan fingerprint density at radius 1 is 0.975 bits per heavy atom. The minimum absolute atomic E-state index is 0.318. The van der Waals surface area contributed by atoms with E-state index in [0.717, 1.165) is 17.0 Å². The zero-order valence-corrected chi connectivity index (χ0v) is 25.2. The lowest BCUT2D eigenvalue weighted by Gasteiger charge is -2.19. The second kappa shape index (κ2) is 13.7. The maximum Gasteiger partial charge on any atom is 0.220 e. The van der Waals surface area contributed by atoms with Crippen molar-refractivity contribution in [1.29, 1.82) is 0 Å². The third-order valence-corrected chi connectivity index (χ3v) is 7.74. The molecule has 4 aromatic rings. The van der Waals surface area contributed by atoms with Crippen molar-refractivity contribution in [1.82, 2.24) is 14.8 Å². The van der Waals surface area contributed by atoms with Gasteiger partial charge in [-0.15, -0.1) is 10.2 Å². The Balaban J connectivity index is 1.64. The van der Waals surface area contributed by atoms with E-state index in [9.17, 15) is 10.1 Å². The third-order valence-electron chi connectivity index (χ3n) is 5.97. The fourth-order valence-corrected chi connectivity index (χ4v) is 5.79. The molecule has 1 heterocycles. The number of nitro groups is 1. The molecule has 0 N–H and O–H groups in total. The molecule has 11 heteroatoms. The maximum absolute atomic E-state index is 11.7. The van der Waals surface area contributed by atoms with Crippen LogP contribution in [0.4, 0.5) is 0 Å². The number of hydrogen-bond donors (Lipinski definition) is 0. The Morgan fingerprint density at radius 2 is 1.68 bits per heavy atom. The van der Waals surface area contributed by atoms with Crippen LogP contribution in [0.3, 0.4) is 0 Å². The van der Waals surface area contributed by atoms with Crippen LogP contribution in [-0.4, -0.2) is 39.4 Å². The molecular formula is C29H31BrN4O5S. The van der Waals surface area contributed by atoms with E-state index in [1.165, 1.54) is 17.3 Å². The Hall–Kier alpha value is -3.57. The highest BCUT2D eigenvalue weighted by Gasteiger charge is 2.26. The van der Waals surface area contributed by atoms with Gasteiger partial charge in [-0.3, -0.25) is 14.7 Å². The number of aryl methyl sites for hydroxylation is 2. The number of ether oxygens (including phenoxy) is 3. The van der Waals surface area contributed by atoms with E-state index in [2.05, 4.69) is 26.1 Å². The van der Waals surface area contributed by atoms with Crippen molar-refractivity contribution >= 4 is 27.7 Å². The van der Waals surface area contributed by atoms with Gasteiger partial charge in [-0.1, -0.05) is 41.6 Å². The SMILES string of the molecule is CCOc1ccc(-n2c(C)nnc2S[C@H](C[N+](=O)[O-])c2cc(Br)c(OCc3ccc(C)cc3)c(OCC)c2)cc1. The molecule has 0 aliphatic carbocycles. The van der Waals surface area contributed by atoms with E-state index in [1.54, 1.807) is 0 Å². The summed E-state index contributed by atoms with van der Waals surface area (Å²) in [7, 11) is 0. The first-order valence-electron chi connectivity index (χ1n) is 12.9. The number of nitrogens with zero attached hydrogens (tertiary/aromatic N) is 4. The molecule has 0 aliphatic heterocycles. The molecule has 0 saturated carbocycles. The summed E-state index contributed by atoms with van der Waals surface area (Å²) in [5.74, 6) is 2.49. The summed E-state index contributed by atoms with van der Waals surface area (Å²) < 4.78 is 20.1. The Morgan fingerprint density at radius 3 is 2.33 bits per heavy atom. The average Bonchev–Trinajstić information content (AvgIpc) is 3.29. The van der Waals surface area contributed by atoms with Gasteiger partial charge in [0.1, 0.15) is 23.4 Å². The van der Waals surface area contributed by atoms with E-state index >= 15 is 0 Å². The summed E-state index contributed by atoms with van der Waals surface area (Å²) in [6.07, 6.45) is 0. The smallest absolute Gasteiger partial charge is 0.220 e. The number of benzene rings is 3. The first-order chi connectivity index (χ1) is 19.3. The van der Waals surface area contributed by atoms with Crippen LogP contribution < -0.4 is 14.2 Å². The van der Waals surface area contributed by atoms with Crippen molar-refractivity contribution in [3.8, 4) is 22.9 Å².